The number of carbonyl (C=O) groups is 1. The first-order chi connectivity index (χ1) is 9.60. The van der Waals surface area contributed by atoms with Crippen LogP contribution in [0.15, 0.2) is 46.9 Å². The number of hydrogen-bond acceptors (Lipinski definition) is 2. The quantitative estimate of drug-likeness (QED) is 0.899. The number of nitrogens with one attached hydrogen (secondary N) is 1. The Labute approximate surface area is 127 Å². The zero-order valence-electron chi connectivity index (χ0n) is 11.4. The average Bonchev–Trinajstić information content (AvgIpc) is 2.44. The van der Waals surface area contributed by atoms with Crippen LogP contribution in [0.5, 0.6) is 5.75 Å². The first-order valence-corrected chi connectivity index (χ1v) is 7.20. The van der Waals surface area contributed by atoms with Crippen LogP contribution in [0.3, 0.4) is 0 Å². The van der Waals surface area contributed by atoms with Gasteiger partial charge in [0.1, 0.15) is 5.75 Å². The van der Waals surface area contributed by atoms with Crippen molar-refractivity contribution in [2.24, 2.45) is 0 Å². The van der Waals surface area contributed by atoms with Crippen molar-refractivity contribution in [3.63, 3.8) is 0 Å². The second-order valence-electron chi connectivity index (χ2n) is 4.38. The first kappa shape index (κ1) is 14.6. The summed E-state index contributed by atoms with van der Waals surface area (Å²) in [7, 11) is 0. The Morgan fingerprint density at radius 1 is 1.20 bits per heavy atom. The Bertz CT molecular complexity index is 608. The number of anilines is 1. The molecule has 2 aromatic rings. The molecule has 0 aliphatic heterocycles. The molecule has 2 rings (SSSR count). The molecule has 0 aliphatic rings. The van der Waals surface area contributed by atoms with Crippen LogP contribution in [0.2, 0.25) is 0 Å². The summed E-state index contributed by atoms with van der Waals surface area (Å²) in [6.07, 6.45) is 0. The molecule has 0 radical (unpaired) electrons. The van der Waals surface area contributed by atoms with E-state index in [9.17, 15) is 4.79 Å². The van der Waals surface area contributed by atoms with Crippen molar-refractivity contribution in [1.82, 2.24) is 0 Å². The van der Waals surface area contributed by atoms with Gasteiger partial charge in [-0.3, -0.25) is 4.79 Å². The molecule has 2 aromatic carbocycles. The third-order valence-corrected chi connectivity index (χ3v) is 3.71. The highest BCUT2D eigenvalue weighted by Crippen LogP contribution is 2.21. The summed E-state index contributed by atoms with van der Waals surface area (Å²) in [6, 6.07) is 12.8. The predicted molar refractivity (Wildman–Crippen MR) is 84.4 cm³/mol. The zero-order valence-corrected chi connectivity index (χ0v) is 13.0. The van der Waals surface area contributed by atoms with E-state index in [4.69, 9.17) is 4.74 Å². The number of benzene rings is 2. The number of ether oxygens (including phenoxy) is 1. The van der Waals surface area contributed by atoms with Crippen molar-refractivity contribution < 1.29 is 9.53 Å². The molecule has 0 saturated carbocycles. The lowest BCUT2D eigenvalue weighted by Crippen LogP contribution is -2.11. The van der Waals surface area contributed by atoms with Crippen LogP contribution in [0.4, 0.5) is 5.69 Å². The van der Waals surface area contributed by atoms with Crippen molar-refractivity contribution in [1.29, 1.82) is 0 Å². The van der Waals surface area contributed by atoms with E-state index >= 15 is 0 Å². The summed E-state index contributed by atoms with van der Waals surface area (Å²) in [5.74, 6) is 0.630. The summed E-state index contributed by atoms with van der Waals surface area (Å²) in [6.45, 7) is 4.54. The van der Waals surface area contributed by atoms with Crippen LogP contribution in [-0.4, -0.2) is 12.5 Å². The van der Waals surface area contributed by atoms with E-state index in [1.807, 2.05) is 32.0 Å². The van der Waals surface area contributed by atoms with Gasteiger partial charge in [0.05, 0.1) is 6.61 Å². The van der Waals surface area contributed by atoms with E-state index in [0.29, 0.717) is 12.2 Å². The molecule has 104 valence electrons. The fourth-order valence-corrected chi connectivity index (χ4v) is 2.12. The molecular formula is C16H16BrNO2. The lowest BCUT2D eigenvalue weighted by Gasteiger charge is -2.08. The second-order valence-corrected chi connectivity index (χ2v) is 5.23. The van der Waals surface area contributed by atoms with E-state index in [0.717, 1.165) is 21.5 Å². The highest BCUT2D eigenvalue weighted by Gasteiger charge is 2.07. The van der Waals surface area contributed by atoms with E-state index in [-0.39, 0.29) is 5.91 Å². The van der Waals surface area contributed by atoms with Crippen LogP contribution in [-0.2, 0) is 0 Å². The minimum atomic E-state index is -0.135. The lowest BCUT2D eigenvalue weighted by atomic mass is 10.2. The van der Waals surface area contributed by atoms with Crippen LogP contribution in [0.1, 0.15) is 22.8 Å². The molecule has 20 heavy (non-hydrogen) atoms. The van der Waals surface area contributed by atoms with Gasteiger partial charge in [0.25, 0.3) is 5.91 Å². The van der Waals surface area contributed by atoms with Gasteiger partial charge in [-0.15, -0.1) is 0 Å². The molecule has 4 heteroatoms. The Hall–Kier alpha value is -1.81. The number of amides is 1. The fourth-order valence-electron chi connectivity index (χ4n) is 1.74. The number of rotatable bonds is 4. The molecule has 0 aromatic heterocycles. The topological polar surface area (TPSA) is 38.3 Å². The van der Waals surface area contributed by atoms with Gasteiger partial charge in [0.15, 0.2) is 0 Å². The maximum absolute atomic E-state index is 12.1. The van der Waals surface area contributed by atoms with Gasteiger partial charge in [-0.2, -0.15) is 0 Å². The van der Waals surface area contributed by atoms with Crippen LogP contribution in [0.25, 0.3) is 0 Å². The van der Waals surface area contributed by atoms with Gasteiger partial charge < -0.3 is 10.1 Å². The highest BCUT2D eigenvalue weighted by molar-refractivity contribution is 9.10. The monoisotopic (exact) mass is 333 g/mol. The van der Waals surface area contributed by atoms with Crippen LogP contribution >= 0.6 is 15.9 Å². The van der Waals surface area contributed by atoms with Crippen LogP contribution < -0.4 is 10.1 Å². The molecule has 1 N–H and O–H groups in total. The van der Waals surface area contributed by atoms with Gasteiger partial charge in [0, 0.05) is 15.7 Å². The standard InChI is InChI=1S/C16H16BrNO2/c1-3-20-14-8-5-12(6-9-14)16(19)18-13-7-4-11(2)15(17)10-13/h4-10H,3H2,1-2H3,(H,18,19). The average molecular weight is 334 g/mol. The fraction of sp³-hybridized carbons (Fsp3) is 0.188. The summed E-state index contributed by atoms with van der Waals surface area (Å²) >= 11 is 3.45. The van der Waals surface area contributed by atoms with Crippen molar-refractivity contribution in [2.45, 2.75) is 13.8 Å². The predicted octanol–water partition coefficient (Wildman–Crippen LogP) is 4.41. The molecule has 0 bridgehead atoms. The molecule has 0 heterocycles. The Morgan fingerprint density at radius 2 is 1.90 bits per heavy atom. The smallest absolute Gasteiger partial charge is 0.255 e. The normalized spacial score (nSPS) is 10.2. The molecule has 0 unspecified atom stereocenters. The van der Waals surface area contributed by atoms with E-state index in [2.05, 4.69) is 21.2 Å². The first-order valence-electron chi connectivity index (χ1n) is 6.40. The largest absolute Gasteiger partial charge is 0.494 e. The zero-order chi connectivity index (χ0) is 14.5. The summed E-state index contributed by atoms with van der Waals surface area (Å²) in [5.41, 5.74) is 2.50. The third-order valence-electron chi connectivity index (χ3n) is 2.86. The molecule has 0 saturated heterocycles. The summed E-state index contributed by atoms with van der Waals surface area (Å²) in [5, 5.41) is 2.87. The lowest BCUT2D eigenvalue weighted by molar-refractivity contribution is 0.102. The Morgan fingerprint density at radius 3 is 2.50 bits per heavy atom. The van der Waals surface area contributed by atoms with E-state index in [1.54, 1.807) is 24.3 Å². The number of aryl methyl sites for hydroxylation is 1. The summed E-state index contributed by atoms with van der Waals surface area (Å²) in [4.78, 5) is 12.1. The molecule has 0 fully saturated rings. The number of halogens is 1. The summed E-state index contributed by atoms with van der Waals surface area (Å²) < 4.78 is 6.32. The highest BCUT2D eigenvalue weighted by atomic mass is 79.9. The molecule has 3 nitrogen and oxygen atoms in total. The van der Waals surface area contributed by atoms with Gasteiger partial charge in [0.2, 0.25) is 0 Å². The van der Waals surface area contributed by atoms with E-state index in [1.165, 1.54) is 0 Å². The van der Waals surface area contributed by atoms with Crippen molar-refractivity contribution in [3.8, 4) is 5.75 Å². The maximum atomic E-state index is 12.1. The Kier molecular flexibility index (Phi) is 4.79. The van der Waals surface area contributed by atoms with Gasteiger partial charge in [-0.25, -0.2) is 0 Å². The number of hydrogen-bond donors (Lipinski definition) is 1. The van der Waals surface area contributed by atoms with Gasteiger partial charge >= 0.3 is 0 Å². The van der Waals surface area contributed by atoms with Crippen molar-refractivity contribution >= 4 is 27.5 Å². The molecule has 1 amide bonds. The minimum absolute atomic E-state index is 0.135. The number of carbonyl (C=O) groups excluding carboxylic acids is 1. The van der Waals surface area contributed by atoms with Gasteiger partial charge in [-0.05, 0) is 55.8 Å². The SMILES string of the molecule is CCOc1ccc(C(=O)Nc2ccc(C)c(Br)c2)cc1. The van der Waals surface area contributed by atoms with Crippen LogP contribution in [0, 0.1) is 6.92 Å². The second kappa shape index (κ2) is 6.57. The molecule has 0 spiro atoms. The molecule has 0 atom stereocenters. The van der Waals surface area contributed by atoms with E-state index < -0.39 is 0 Å². The molecule has 0 aliphatic carbocycles. The minimum Gasteiger partial charge on any atom is -0.494 e. The molecular weight excluding hydrogens is 318 g/mol. The van der Waals surface area contributed by atoms with Gasteiger partial charge in [-0.1, -0.05) is 22.0 Å². The Balaban J connectivity index is 2.09. The van der Waals surface area contributed by atoms with Crippen molar-refractivity contribution in [3.05, 3.63) is 58.1 Å². The van der Waals surface area contributed by atoms with Crippen molar-refractivity contribution in [2.75, 3.05) is 11.9 Å². The third kappa shape index (κ3) is 3.61. The maximum Gasteiger partial charge on any atom is 0.255 e.